The molecule has 2 aromatic heterocycles. The molecule has 3 aromatic carbocycles. The van der Waals surface area contributed by atoms with Crippen LogP contribution in [0, 0.1) is 0 Å². The molecule has 0 fully saturated rings. The monoisotopic (exact) mass is 541 g/mol. The summed E-state index contributed by atoms with van der Waals surface area (Å²) in [5.41, 5.74) is 8.02. The first-order valence-electron chi connectivity index (χ1n) is 14.1. The lowest BCUT2D eigenvalue weighted by Gasteiger charge is -2.15. The van der Waals surface area contributed by atoms with E-state index in [-0.39, 0.29) is 0 Å². The van der Waals surface area contributed by atoms with Crippen LogP contribution >= 0.6 is 0 Å². The van der Waals surface area contributed by atoms with Gasteiger partial charge in [-0.15, -0.1) is 13.2 Å². The first kappa shape index (κ1) is 27.7. The zero-order valence-electron chi connectivity index (χ0n) is 23.7. The second-order valence-electron chi connectivity index (χ2n) is 10.0. The van der Waals surface area contributed by atoms with Gasteiger partial charge in [-0.1, -0.05) is 54.6 Å². The predicted molar refractivity (Wildman–Crippen MR) is 170 cm³/mol. The summed E-state index contributed by atoms with van der Waals surface area (Å²) in [6.45, 7) is 9.31. The maximum Gasteiger partial charge on any atom is 0.169 e. The Morgan fingerprint density at radius 1 is 0.854 bits per heavy atom. The smallest absolute Gasteiger partial charge is 0.169 e. The highest BCUT2D eigenvalue weighted by Gasteiger charge is 2.12. The fourth-order valence-corrected chi connectivity index (χ4v) is 5.06. The molecule has 1 N–H and O–H groups in total. The van der Waals surface area contributed by atoms with Gasteiger partial charge >= 0.3 is 0 Å². The van der Waals surface area contributed by atoms with E-state index in [0.29, 0.717) is 6.61 Å². The molecule has 0 saturated carbocycles. The van der Waals surface area contributed by atoms with Gasteiger partial charge in [0.1, 0.15) is 11.5 Å². The molecular weight excluding hydrogens is 504 g/mol. The van der Waals surface area contributed by atoms with Crippen LogP contribution in [0.15, 0.2) is 117 Å². The number of aromatic nitrogens is 2. The molecule has 4 heteroatoms. The Balaban J connectivity index is 1.22. The Kier molecular flexibility index (Phi) is 9.12. The van der Waals surface area contributed by atoms with Gasteiger partial charge in [-0.05, 0) is 71.0 Å². The largest absolute Gasteiger partial charge is 0.496 e. The van der Waals surface area contributed by atoms with Crippen LogP contribution in [0.25, 0.3) is 34.2 Å². The van der Waals surface area contributed by atoms with Crippen LogP contribution in [-0.2, 0) is 19.4 Å². The molecule has 0 spiro atoms. The quantitative estimate of drug-likeness (QED) is 0.0926. The van der Waals surface area contributed by atoms with Crippen molar-refractivity contribution in [3.63, 3.8) is 0 Å². The number of H-pyrrole nitrogens is 1. The summed E-state index contributed by atoms with van der Waals surface area (Å²) >= 11 is 0. The molecule has 0 unspecified atom stereocenters. The number of methoxy groups -OCH3 is 1. The van der Waals surface area contributed by atoms with Gasteiger partial charge in [0.05, 0.1) is 13.7 Å². The van der Waals surface area contributed by atoms with E-state index < -0.39 is 0 Å². The molecule has 0 saturated heterocycles. The summed E-state index contributed by atoms with van der Waals surface area (Å²) in [7, 11) is 1.70. The topological polar surface area (TPSA) is 38.1 Å². The first-order chi connectivity index (χ1) is 20.2. The first-order valence-corrected chi connectivity index (χ1v) is 14.1. The van der Waals surface area contributed by atoms with E-state index in [1.165, 1.54) is 22.1 Å². The molecular formula is C37H37N2O2+. The highest BCUT2D eigenvalue weighted by Crippen LogP contribution is 2.34. The maximum atomic E-state index is 6.34. The second kappa shape index (κ2) is 13.5. The number of pyridine rings is 1. The van der Waals surface area contributed by atoms with Crippen LogP contribution in [0.4, 0.5) is 0 Å². The molecule has 0 aliphatic heterocycles. The van der Waals surface area contributed by atoms with Gasteiger partial charge in [-0.3, -0.25) is 0 Å². The molecule has 0 bridgehead atoms. The van der Waals surface area contributed by atoms with Crippen molar-refractivity contribution in [1.29, 1.82) is 0 Å². The van der Waals surface area contributed by atoms with Crippen molar-refractivity contribution in [3.05, 3.63) is 139 Å². The summed E-state index contributed by atoms with van der Waals surface area (Å²) in [6.07, 6.45) is 16.9. The molecule has 0 aliphatic carbocycles. The van der Waals surface area contributed by atoms with Gasteiger partial charge in [-0.2, -0.15) is 0 Å². The van der Waals surface area contributed by atoms with E-state index >= 15 is 0 Å². The summed E-state index contributed by atoms with van der Waals surface area (Å²) in [6, 6.07) is 25.3. The molecule has 0 atom stereocenters. The summed E-state index contributed by atoms with van der Waals surface area (Å²) in [5, 5.41) is 1.23. The molecule has 4 nitrogen and oxygen atoms in total. The molecule has 0 amide bonds. The van der Waals surface area contributed by atoms with Crippen molar-refractivity contribution in [2.45, 2.75) is 25.8 Å². The van der Waals surface area contributed by atoms with Crippen LogP contribution < -0.4 is 14.0 Å². The average molecular weight is 542 g/mol. The summed E-state index contributed by atoms with van der Waals surface area (Å²) < 4.78 is 14.1. The summed E-state index contributed by atoms with van der Waals surface area (Å²) in [5.74, 6) is 1.75. The average Bonchev–Trinajstić information content (AvgIpc) is 3.43. The Morgan fingerprint density at radius 2 is 1.66 bits per heavy atom. The third kappa shape index (κ3) is 6.85. The van der Waals surface area contributed by atoms with Gasteiger partial charge < -0.3 is 14.5 Å². The van der Waals surface area contributed by atoms with Crippen LogP contribution in [0.2, 0.25) is 0 Å². The SMILES string of the molecule is C=CCc1ccc(OCCC[n+]2ccc(/C=C/c3c[nH]c4ccccc34)cc2)c(-c2ccc(OC)c(CC=C)c2)c1. The lowest BCUT2D eigenvalue weighted by molar-refractivity contribution is -0.697. The van der Waals surface area contributed by atoms with E-state index in [9.17, 15) is 0 Å². The van der Waals surface area contributed by atoms with Crippen LogP contribution in [0.3, 0.4) is 0 Å². The molecule has 0 aliphatic rings. The Morgan fingerprint density at radius 3 is 2.46 bits per heavy atom. The van der Waals surface area contributed by atoms with Crippen molar-refractivity contribution in [3.8, 4) is 22.6 Å². The van der Waals surface area contributed by atoms with Crippen molar-refractivity contribution < 1.29 is 14.0 Å². The fourth-order valence-electron chi connectivity index (χ4n) is 5.06. The van der Waals surface area contributed by atoms with E-state index in [2.05, 4.69) is 114 Å². The predicted octanol–water partition coefficient (Wildman–Crippen LogP) is 8.23. The number of hydrogen-bond donors (Lipinski definition) is 1. The highest BCUT2D eigenvalue weighted by atomic mass is 16.5. The van der Waals surface area contributed by atoms with E-state index in [4.69, 9.17) is 9.47 Å². The van der Waals surface area contributed by atoms with Gasteiger partial charge in [0.15, 0.2) is 18.9 Å². The maximum absolute atomic E-state index is 6.34. The van der Waals surface area contributed by atoms with Crippen molar-refractivity contribution in [2.24, 2.45) is 0 Å². The standard InChI is InChI=1S/C37H36N2O2/c1-4-9-29-14-17-37(34(25-29)30-16-18-36(40-3)31(26-30)10-5-2)41-24-8-21-39-22-19-28(20-23-39)13-15-32-27-38-35-12-7-6-11-33(32)35/h4-7,11-20,22-23,25-27H,1-2,8-10,21,24H2,3H3/p+1. The number of nitrogens with one attached hydrogen (secondary N) is 1. The number of aromatic amines is 1. The number of allylic oxidation sites excluding steroid dienone is 2. The minimum Gasteiger partial charge on any atom is -0.496 e. The fraction of sp³-hybridized carbons (Fsp3) is 0.162. The molecule has 2 heterocycles. The Hall–Kier alpha value is -4.83. The molecule has 206 valence electrons. The van der Waals surface area contributed by atoms with Crippen LogP contribution in [-0.4, -0.2) is 18.7 Å². The lowest BCUT2D eigenvalue weighted by atomic mass is 9.97. The van der Waals surface area contributed by atoms with Gasteiger partial charge in [0.2, 0.25) is 0 Å². The number of fused-ring (bicyclic) bond motifs is 1. The second-order valence-corrected chi connectivity index (χ2v) is 10.0. The van der Waals surface area contributed by atoms with Gasteiger partial charge in [0.25, 0.3) is 0 Å². The Labute approximate surface area is 242 Å². The number of rotatable bonds is 13. The van der Waals surface area contributed by atoms with Crippen molar-refractivity contribution in [2.75, 3.05) is 13.7 Å². The third-order valence-corrected chi connectivity index (χ3v) is 7.19. The molecule has 0 radical (unpaired) electrons. The van der Waals surface area contributed by atoms with E-state index in [1.54, 1.807) is 7.11 Å². The van der Waals surface area contributed by atoms with Gasteiger partial charge in [-0.25, -0.2) is 4.57 Å². The van der Waals surface area contributed by atoms with Crippen molar-refractivity contribution in [1.82, 2.24) is 4.98 Å². The zero-order chi connectivity index (χ0) is 28.4. The van der Waals surface area contributed by atoms with Crippen LogP contribution in [0.5, 0.6) is 11.5 Å². The number of para-hydroxylation sites is 1. The normalized spacial score (nSPS) is 11.1. The summed E-state index contributed by atoms with van der Waals surface area (Å²) in [4.78, 5) is 3.33. The van der Waals surface area contributed by atoms with E-state index in [1.807, 2.05) is 24.3 Å². The molecule has 5 aromatic rings. The highest BCUT2D eigenvalue weighted by molar-refractivity contribution is 5.91. The number of nitrogens with zero attached hydrogens (tertiary/aromatic N) is 1. The van der Waals surface area contributed by atoms with Gasteiger partial charge in [0, 0.05) is 41.2 Å². The number of benzene rings is 3. The van der Waals surface area contributed by atoms with Crippen LogP contribution in [0.1, 0.15) is 28.7 Å². The lowest BCUT2D eigenvalue weighted by Crippen LogP contribution is -2.33. The Bertz CT molecular complexity index is 1660. The minimum absolute atomic E-state index is 0.624. The number of hydrogen-bond acceptors (Lipinski definition) is 2. The molecule has 5 rings (SSSR count). The van der Waals surface area contributed by atoms with Crippen molar-refractivity contribution >= 4 is 23.1 Å². The third-order valence-electron chi connectivity index (χ3n) is 7.19. The van der Waals surface area contributed by atoms with E-state index in [0.717, 1.165) is 59.5 Å². The number of ether oxygens (including phenoxy) is 2. The zero-order valence-corrected chi connectivity index (χ0v) is 23.7. The number of aryl methyl sites for hydroxylation is 1. The molecule has 41 heavy (non-hydrogen) atoms. The minimum atomic E-state index is 0.624.